The predicted molar refractivity (Wildman–Crippen MR) is 128 cm³/mol. The number of carbonyl (C=O) groups excluding carboxylic acids is 1. The molecule has 0 aromatic heterocycles. The molecule has 0 atom stereocenters. The molecular formula is C27H32O5. The number of allylic oxidation sites excluding steroid dienone is 2. The van der Waals surface area contributed by atoms with Crippen molar-refractivity contribution < 1.29 is 23.7 Å². The quantitative estimate of drug-likeness (QED) is 0.468. The monoisotopic (exact) mass is 436 g/mol. The van der Waals surface area contributed by atoms with Crippen LogP contribution >= 0.6 is 0 Å². The van der Waals surface area contributed by atoms with E-state index in [9.17, 15) is 4.79 Å². The van der Waals surface area contributed by atoms with E-state index in [-0.39, 0.29) is 18.0 Å². The van der Waals surface area contributed by atoms with Gasteiger partial charge in [0.2, 0.25) is 0 Å². The molecule has 0 aliphatic heterocycles. The lowest BCUT2D eigenvalue weighted by molar-refractivity contribution is -0.111. The van der Waals surface area contributed by atoms with E-state index < -0.39 is 0 Å². The van der Waals surface area contributed by atoms with E-state index >= 15 is 0 Å². The van der Waals surface area contributed by atoms with Crippen molar-refractivity contribution >= 4 is 17.9 Å². The fourth-order valence-electron chi connectivity index (χ4n) is 3.63. The summed E-state index contributed by atoms with van der Waals surface area (Å²) in [5, 5.41) is 0. The molecule has 0 amide bonds. The molecule has 170 valence electrons. The van der Waals surface area contributed by atoms with Gasteiger partial charge < -0.3 is 18.9 Å². The molecule has 2 aromatic rings. The summed E-state index contributed by atoms with van der Waals surface area (Å²) in [5.74, 6) is 2.78. The fraction of sp³-hybridized carbons (Fsp3) is 0.370. The van der Waals surface area contributed by atoms with Crippen LogP contribution in [0.15, 0.2) is 47.5 Å². The summed E-state index contributed by atoms with van der Waals surface area (Å²) in [6, 6.07) is 11.5. The Morgan fingerprint density at radius 2 is 1.09 bits per heavy atom. The van der Waals surface area contributed by atoms with Crippen LogP contribution in [0.25, 0.3) is 12.2 Å². The Hall–Kier alpha value is -3.21. The van der Waals surface area contributed by atoms with Gasteiger partial charge in [-0.25, -0.2) is 0 Å². The van der Waals surface area contributed by atoms with Crippen LogP contribution in [-0.4, -0.2) is 32.2 Å². The molecule has 1 aliphatic carbocycles. The average Bonchev–Trinajstić information content (AvgIpc) is 3.08. The molecule has 0 spiro atoms. The Morgan fingerprint density at radius 3 is 1.44 bits per heavy atom. The van der Waals surface area contributed by atoms with Crippen LogP contribution < -0.4 is 18.9 Å². The molecule has 1 fully saturated rings. The van der Waals surface area contributed by atoms with Crippen molar-refractivity contribution in [1.82, 2.24) is 0 Å². The highest BCUT2D eigenvalue weighted by Gasteiger charge is 2.23. The lowest BCUT2D eigenvalue weighted by atomic mass is 10.1. The highest BCUT2D eigenvalue weighted by molar-refractivity contribution is 6.15. The van der Waals surface area contributed by atoms with Gasteiger partial charge in [0.25, 0.3) is 0 Å². The van der Waals surface area contributed by atoms with Gasteiger partial charge in [0.15, 0.2) is 28.8 Å². The first kappa shape index (κ1) is 23.5. The zero-order valence-electron chi connectivity index (χ0n) is 19.7. The average molecular weight is 437 g/mol. The third-order valence-corrected chi connectivity index (χ3v) is 5.03. The molecule has 0 heterocycles. The van der Waals surface area contributed by atoms with Crippen molar-refractivity contribution in [3.63, 3.8) is 0 Å². The molecule has 32 heavy (non-hydrogen) atoms. The highest BCUT2D eigenvalue weighted by atomic mass is 16.5. The molecule has 2 aromatic carbocycles. The fourth-order valence-corrected chi connectivity index (χ4v) is 3.63. The molecule has 0 unspecified atom stereocenters. The third-order valence-electron chi connectivity index (χ3n) is 5.03. The van der Waals surface area contributed by atoms with Gasteiger partial charge >= 0.3 is 0 Å². The van der Waals surface area contributed by atoms with E-state index in [0.29, 0.717) is 35.8 Å². The molecule has 0 radical (unpaired) electrons. The lowest BCUT2D eigenvalue weighted by Gasteiger charge is -2.14. The number of hydrogen-bond acceptors (Lipinski definition) is 5. The van der Waals surface area contributed by atoms with Crippen LogP contribution in [0.1, 0.15) is 51.7 Å². The molecule has 1 aliphatic rings. The van der Waals surface area contributed by atoms with Gasteiger partial charge in [-0.05, 0) is 88.1 Å². The van der Waals surface area contributed by atoms with Gasteiger partial charge in [-0.3, -0.25) is 4.79 Å². The Bertz CT molecular complexity index is 949. The summed E-state index contributed by atoms with van der Waals surface area (Å²) in [5.41, 5.74) is 3.42. The van der Waals surface area contributed by atoms with E-state index in [0.717, 1.165) is 22.3 Å². The molecule has 0 bridgehead atoms. The van der Waals surface area contributed by atoms with Crippen molar-refractivity contribution in [3.8, 4) is 23.0 Å². The number of methoxy groups -OCH3 is 2. The van der Waals surface area contributed by atoms with Crippen LogP contribution in [0, 0.1) is 0 Å². The molecule has 5 nitrogen and oxygen atoms in total. The third kappa shape index (κ3) is 5.72. The minimum Gasteiger partial charge on any atom is -0.493 e. The van der Waals surface area contributed by atoms with Crippen LogP contribution in [-0.2, 0) is 4.79 Å². The number of benzene rings is 2. The maximum absolute atomic E-state index is 13.0. The lowest BCUT2D eigenvalue weighted by Crippen LogP contribution is -2.06. The zero-order valence-corrected chi connectivity index (χ0v) is 19.7. The van der Waals surface area contributed by atoms with Crippen LogP contribution in [0.3, 0.4) is 0 Å². The van der Waals surface area contributed by atoms with E-state index in [1.54, 1.807) is 14.2 Å². The molecular weight excluding hydrogens is 404 g/mol. The number of hydrogen-bond donors (Lipinski definition) is 0. The molecule has 0 N–H and O–H groups in total. The molecule has 3 rings (SSSR count). The first-order chi connectivity index (χ1) is 15.3. The molecule has 5 heteroatoms. The van der Waals surface area contributed by atoms with Crippen LogP contribution in [0.4, 0.5) is 0 Å². The van der Waals surface area contributed by atoms with Gasteiger partial charge in [0, 0.05) is 11.1 Å². The number of carbonyl (C=O) groups is 1. The maximum atomic E-state index is 13.0. The standard InChI is InChI=1S/C27H32O5/c1-17(2)31-23-11-7-19(15-25(23)29-5)13-21-9-10-22(27(21)28)14-20-8-12-24(32-18(3)4)26(16-20)30-6/h7-8,11-18H,9-10H2,1-6H3/b21-13+,22-14+. The van der Waals surface area contributed by atoms with Gasteiger partial charge in [-0.1, -0.05) is 12.1 Å². The normalized spacial score (nSPS) is 16.3. The van der Waals surface area contributed by atoms with Gasteiger partial charge in [0.05, 0.1) is 26.4 Å². The maximum Gasteiger partial charge on any atom is 0.185 e. The SMILES string of the molecule is COc1cc(/C=C2\CC/C(=C\c3ccc(OC(C)C)c(OC)c3)C2=O)ccc1OC(C)C. The van der Waals surface area contributed by atoms with Crippen molar-refractivity contribution in [2.75, 3.05) is 14.2 Å². The van der Waals surface area contributed by atoms with Crippen LogP contribution in [0.5, 0.6) is 23.0 Å². The topological polar surface area (TPSA) is 54.0 Å². The van der Waals surface area contributed by atoms with Gasteiger partial charge in [-0.15, -0.1) is 0 Å². The predicted octanol–water partition coefficient (Wildman–Crippen LogP) is 6.11. The van der Waals surface area contributed by atoms with E-state index in [1.165, 1.54) is 0 Å². The summed E-state index contributed by atoms with van der Waals surface area (Å²) in [6.07, 6.45) is 5.41. The van der Waals surface area contributed by atoms with Crippen molar-refractivity contribution in [3.05, 3.63) is 58.7 Å². The molecule has 0 saturated heterocycles. The summed E-state index contributed by atoms with van der Waals surface area (Å²) in [6.45, 7) is 7.89. The minimum atomic E-state index is 0.0573. The Labute approximate surface area is 190 Å². The van der Waals surface area contributed by atoms with Crippen molar-refractivity contribution in [1.29, 1.82) is 0 Å². The molecule has 1 saturated carbocycles. The van der Waals surface area contributed by atoms with Crippen molar-refractivity contribution in [2.24, 2.45) is 0 Å². The highest BCUT2D eigenvalue weighted by Crippen LogP contribution is 2.34. The minimum absolute atomic E-state index is 0.0573. The van der Waals surface area contributed by atoms with Gasteiger partial charge in [0.1, 0.15) is 0 Å². The summed E-state index contributed by atoms with van der Waals surface area (Å²) < 4.78 is 22.5. The summed E-state index contributed by atoms with van der Waals surface area (Å²) in [4.78, 5) is 13.0. The smallest absolute Gasteiger partial charge is 0.185 e. The van der Waals surface area contributed by atoms with Crippen molar-refractivity contribution in [2.45, 2.75) is 52.7 Å². The Morgan fingerprint density at radius 1 is 0.688 bits per heavy atom. The zero-order chi connectivity index (χ0) is 23.3. The first-order valence-electron chi connectivity index (χ1n) is 11.0. The summed E-state index contributed by atoms with van der Waals surface area (Å²) in [7, 11) is 3.24. The number of ketones is 1. The number of rotatable bonds is 8. The Balaban J connectivity index is 1.81. The Kier molecular flexibility index (Phi) is 7.62. The summed E-state index contributed by atoms with van der Waals surface area (Å²) >= 11 is 0. The van der Waals surface area contributed by atoms with Crippen LogP contribution in [0.2, 0.25) is 0 Å². The van der Waals surface area contributed by atoms with Gasteiger partial charge in [-0.2, -0.15) is 0 Å². The first-order valence-corrected chi connectivity index (χ1v) is 11.0. The second-order valence-electron chi connectivity index (χ2n) is 8.32. The number of ether oxygens (including phenoxy) is 4. The van der Waals surface area contributed by atoms with E-state index in [4.69, 9.17) is 18.9 Å². The van der Waals surface area contributed by atoms with E-state index in [2.05, 4.69) is 0 Å². The second kappa shape index (κ2) is 10.4. The van der Waals surface area contributed by atoms with E-state index in [1.807, 2.05) is 76.2 Å². The largest absolute Gasteiger partial charge is 0.493 e. The second-order valence-corrected chi connectivity index (χ2v) is 8.32. The number of Topliss-reactive ketones (excluding diaryl/α,β-unsaturated/α-hetero) is 1.